The Labute approximate surface area is 457 Å². The zero-order valence-electron chi connectivity index (χ0n) is 54.5. The van der Waals surface area contributed by atoms with E-state index in [4.69, 9.17) is 0 Å². The normalized spacial score (nSPS) is 10.4. The zero-order chi connectivity index (χ0) is 56.6. The lowest BCUT2D eigenvalue weighted by molar-refractivity contribution is 0.385. The van der Waals surface area contributed by atoms with Crippen LogP contribution in [-0.2, 0) is 0 Å². The van der Waals surface area contributed by atoms with Gasteiger partial charge in [0.05, 0.1) is 0 Å². The molecule has 0 spiro atoms. The average molecular weight is 998 g/mol. The van der Waals surface area contributed by atoms with Crippen LogP contribution < -0.4 is 0 Å². The second-order valence-corrected chi connectivity index (χ2v) is 22.1. The second kappa shape index (κ2) is 79.1. The van der Waals surface area contributed by atoms with E-state index in [1.807, 2.05) is 32.0 Å². The van der Waals surface area contributed by atoms with Crippen molar-refractivity contribution in [2.45, 2.75) is 324 Å². The molecule has 0 radical (unpaired) electrons. The Balaban J connectivity index is -0.0000000719. The van der Waals surface area contributed by atoms with Crippen molar-refractivity contribution in [2.24, 2.45) is 29.1 Å². The molecule has 0 heteroatoms. The van der Waals surface area contributed by atoms with E-state index in [0.717, 1.165) is 23.7 Å². The van der Waals surface area contributed by atoms with Crippen molar-refractivity contribution in [1.29, 1.82) is 0 Å². The van der Waals surface area contributed by atoms with Crippen LogP contribution in [0.2, 0.25) is 0 Å². The third-order valence-corrected chi connectivity index (χ3v) is 9.48. The molecule has 3 aromatic rings. The topological polar surface area (TPSA) is 0 Å². The summed E-state index contributed by atoms with van der Waals surface area (Å²) in [6.07, 6.45) is 25.0. The lowest BCUT2D eigenvalue weighted by atomic mass is 9.91. The van der Waals surface area contributed by atoms with Crippen LogP contribution in [-0.4, -0.2) is 0 Å². The summed E-state index contributed by atoms with van der Waals surface area (Å²) >= 11 is 0. The van der Waals surface area contributed by atoms with E-state index in [9.17, 15) is 0 Å². The fourth-order valence-electron chi connectivity index (χ4n) is 4.34. The Hall–Kier alpha value is -2.34. The van der Waals surface area contributed by atoms with Gasteiger partial charge in [0, 0.05) is 0 Å². The Morgan fingerprint density at radius 2 is 0.690 bits per heavy atom. The zero-order valence-corrected chi connectivity index (χ0v) is 54.5. The third kappa shape index (κ3) is 140. The molecule has 3 aromatic carbocycles. The van der Waals surface area contributed by atoms with E-state index >= 15 is 0 Å². The largest absolute Gasteiger partial charge is 0.0776 e. The van der Waals surface area contributed by atoms with Crippen LogP contribution >= 0.6 is 0 Å². The molecule has 0 heterocycles. The molecule has 0 aromatic heterocycles. The average Bonchev–Trinajstić information content (AvgIpc) is 3.30. The van der Waals surface area contributed by atoms with Crippen LogP contribution in [0.4, 0.5) is 0 Å². The minimum Gasteiger partial charge on any atom is -0.0776 e. The van der Waals surface area contributed by atoms with Gasteiger partial charge in [-0.2, -0.15) is 0 Å². The van der Waals surface area contributed by atoms with E-state index < -0.39 is 0 Å². The van der Waals surface area contributed by atoms with Gasteiger partial charge in [0.2, 0.25) is 0 Å². The highest BCUT2D eigenvalue weighted by Gasteiger charge is 2.06. The minimum atomic E-state index is 0. The van der Waals surface area contributed by atoms with Crippen molar-refractivity contribution >= 4 is 0 Å². The van der Waals surface area contributed by atoms with Gasteiger partial charge in [0.15, 0.2) is 0 Å². The van der Waals surface area contributed by atoms with Crippen LogP contribution in [0.15, 0.2) is 78.9 Å². The maximum atomic E-state index is 2.36. The van der Waals surface area contributed by atoms with E-state index in [1.165, 1.54) is 143 Å². The molecule has 1 aliphatic carbocycles. The first-order valence-corrected chi connectivity index (χ1v) is 29.9. The number of aryl methyl sites for hydroxylation is 5. The molecule has 1 saturated carbocycles. The van der Waals surface area contributed by atoms with Crippen LogP contribution in [0.3, 0.4) is 0 Å². The molecule has 0 unspecified atom stereocenters. The quantitative estimate of drug-likeness (QED) is 0.187. The molecular formula is C71H144. The first kappa shape index (κ1) is 91.3. The highest BCUT2D eigenvalue weighted by molar-refractivity contribution is 5.23. The number of unbranched alkanes of at least 4 members (excludes halogenated alkanes) is 7. The molecule has 0 saturated heterocycles. The van der Waals surface area contributed by atoms with Gasteiger partial charge in [0.1, 0.15) is 0 Å². The highest BCUT2D eigenvalue weighted by atomic mass is 14.1. The summed E-state index contributed by atoms with van der Waals surface area (Å²) in [4.78, 5) is 0. The van der Waals surface area contributed by atoms with Gasteiger partial charge in [-0.1, -0.05) is 385 Å². The number of benzene rings is 3. The summed E-state index contributed by atoms with van der Waals surface area (Å²) in [5.41, 5.74) is 7.23. The van der Waals surface area contributed by atoms with Crippen molar-refractivity contribution in [1.82, 2.24) is 0 Å². The Kier molecular flexibility index (Phi) is 102. The minimum absolute atomic E-state index is 0. The van der Waals surface area contributed by atoms with Gasteiger partial charge in [-0.25, -0.2) is 0 Å². The molecule has 1 fully saturated rings. The van der Waals surface area contributed by atoms with Crippen LogP contribution in [0.25, 0.3) is 0 Å². The molecular weight excluding hydrogens is 853 g/mol. The third-order valence-electron chi connectivity index (χ3n) is 9.48. The Morgan fingerprint density at radius 3 is 0.831 bits per heavy atom. The summed E-state index contributed by atoms with van der Waals surface area (Å²) in [7, 11) is 0. The summed E-state index contributed by atoms with van der Waals surface area (Å²) in [5, 5.41) is 0. The fourth-order valence-corrected chi connectivity index (χ4v) is 4.34. The maximum absolute atomic E-state index is 2.36. The van der Waals surface area contributed by atoms with Crippen molar-refractivity contribution in [3.8, 4) is 0 Å². The second-order valence-electron chi connectivity index (χ2n) is 22.1. The predicted octanol–water partition coefficient (Wildman–Crippen LogP) is 27.1. The van der Waals surface area contributed by atoms with Crippen LogP contribution in [0.1, 0.15) is 317 Å². The first-order chi connectivity index (χ1) is 32.8. The van der Waals surface area contributed by atoms with Gasteiger partial charge in [-0.05, 0) is 74.8 Å². The fraction of sp³-hybridized carbons (Fsp3) is 0.746. The van der Waals surface area contributed by atoms with E-state index in [2.05, 4.69) is 248 Å². The highest BCUT2D eigenvalue weighted by Crippen LogP contribution is 2.22. The Bertz CT molecular complexity index is 1160. The van der Waals surface area contributed by atoms with Crippen molar-refractivity contribution < 1.29 is 0 Å². The first-order valence-electron chi connectivity index (χ1n) is 29.9. The van der Waals surface area contributed by atoms with E-state index in [0.29, 0.717) is 5.41 Å². The number of rotatable bonds is 9. The molecule has 0 bridgehead atoms. The van der Waals surface area contributed by atoms with Gasteiger partial charge in [-0.3, -0.25) is 0 Å². The SMILES string of the molecule is C.CC.CC(C)(C)C.CC(C)C.CC1CCCCC1.CCC.CCC(C)C.CCC(C)C.CCCC.CCCCC.CCCCCCC.Cc1cccc(C)c1.Cc1ccccc1.Cc1ccccc1C. The summed E-state index contributed by atoms with van der Waals surface area (Å²) < 4.78 is 0. The smallest absolute Gasteiger partial charge is 0.0395 e. The molecule has 0 atom stereocenters. The van der Waals surface area contributed by atoms with Gasteiger partial charge >= 0.3 is 0 Å². The van der Waals surface area contributed by atoms with Crippen LogP contribution in [0.5, 0.6) is 0 Å². The van der Waals surface area contributed by atoms with Crippen molar-refractivity contribution in [2.75, 3.05) is 0 Å². The van der Waals surface area contributed by atoms with Gasteiger partial charge in [-0.15, -0.1) is 0 Å². The number of hydrogen-bond acceptors (Lipinski definition) is 0. The molecule has 4 rings (SSSR count). The van der Waals surface area contributed by atoms with Crippen molar-refractivity contribution in [3.63, 3.8) is 0 Å². The summed E-state index contributed by atoms with van der Waals surface area (Å²) in [6.45, 7) is 63.0. The lowest BCUT2D eigenvalue weighted by Crippen LogP contribution is -1.99. The standard InChI is InChI=1S/2C8H10.C7H14.C7H8.C7H16.4C5H12.2C4H10.C3H8.C2H6.CH4/c1-7-4-3-5-8(2)6-7;1-7-5-3-4-6-8(7)2;2*1-7-5-3-2-4-6-7;1-3-5-7-6-4-2;1-5(2,3)4;2*1-4-5(2)3;1-3-5-4-2;1-4(2)3;1-3-4-2;1-3-2;1-2;/h2*3-6H,1-2H3;7H,2-6H2,1H3;2-6H,1H3;3-7H2,1-2H3;1-4H3;2*5H,4H2,1-3H3;3-5H2,1-2H3;4H,1-3H3;3-4H2,1-2H3;3H2,1-2H3;1-2H3;1H4. The number of hydrogen-bond donors (Lipinski definition) is 0. The summed E-state index contributed by atoms with van der Waals surface area (Å²) in [6, 6.07) is 27.1. The Morgan fingerprint density at radius 1 is 0.423 bits per heavy atom. The van der Waals surface area contributed by atoms with Crippen LogP contribution in [0, 0.1) is 63.7 Å². The van der Waals surface area contributed by atoms with Gasteiger partial charge in [0.25, 0.3) is 0 Å². The summed E-state index contributed by atoms with van der Waals surface area (Å²) in [5.74, 6) is 3.64. The monoisotopic (exact) mass is 997 g/mol. The van der Waals surface area contributed by atoms with Gasteiger partial charge < -0.3 is 0 Å². The molecule has 71 heavy (non-hydrogen) atoms. The molecule has 428 valence electrons. The van der Waals surface area contributed by atoms with E-state index in [-0.39, 0.29) is 7.43 Å². The van der Waals surface area contributed by atoms with E-state index in [1.54, 1.807) is 0 Å². The molecule has 1 aliphatic rings. The van der Waals surface area contributed by atoms with Crippen molar-refractivity contribution in [3.05, 3.63) is 107 Å². The molecule has 0 N–H and O–H groups in total. The molecule has 0 amide bonds. The predicted molar refractivity (Wildman–Crippen MR) is 345 cm³/mol. The molecule has 0 aliphatic heterocycles. The molecule has 0 nitrogen and oxygen atoms in total. The lowest BCUT2D eigenvalue weighted by Gasteiger charge is -2.15. The maximum Gasteiger partial charge on any atom is -0.0395 e.